The van der Waals surface area contributed by atoms with Gasteiger partial charge in [-0.2, -0.15) is 0 Å². The third kappa shape index (κ3) is 3.45. The van der Waals surface area contributed by atoms with E-state index < -0.39 is 0 Å². The lowest BCUT2D eigenvalue weighted by Gasteiger charge is -2.12. The molecule has 11 rings (SSSR count). The van der Waals surface area contributed by atoms with Gasteiger partial charge in [0, 0.05) is 47.3 Å². The normalized spacial score (nSPS) is 12.3. The predicted octanol–water partition coefficient (Wildman–Crippen LogP) is 12.3. The highest BCUT2D eigenvalue weighted by Crippen LogP contribution is 2.49. The van der Waals surface area contributed by atoms with Crippen molar-refractivity contribution in [2.45, 2.75) is 0 Å². The fourth-order valence-electron chi connectivity index (χ4n) is 7.61. The zero-order valence-corrected chi connectivity index (χ0v) is 26.6. The van der Waals surface area contributed by atoms with Crippen LogP contribution >= 0.6 is 22.7 Å². The Balaban J connectivity index is 1.44. The van der Waals surface area contributed by atoms with Gasteiger partial charge in [0.25, 0.3) is 0 Å². The summed E-state index contributed by atoms with van der Waals surface area (Å²) >= 11 is 3.64. The van der Waals surface area contributed by atoms with E-state index in [1.807, 2.05) is 11.3 Å². The van der Waals surface area contributed by atoms with Crippen molar-refractivity contribution >= 4 is 106 Å². The Bertz CT molecular complexity index is 3070. The van der Waals surface area contributed by atoms with Gasteiger partial charge in [0.1, 0.15) is 0 Å². The standard InChI is InChI=1S/C42H23N3S2/c1-2-13-25(14-3-1)36-41-37(30-19-9-11-21-33(30)47-41)44-42(43-36)45-38-26-15-5-4-12-24(26)22-23-31(38)34-27-16-6-7-17-28(27)35-29-18-8-10-20-32(29)46-40(35)39(34)45/h1-23H. The molecule has 0 aliphatic carbocycles. The van der Waals surface area contributed by atoms with Gasteiger partial charge in [-0.1, -0.05) is 127 Å². The van der Waals surface area contributed by atoms with E-state index in [1.165, 1.54) is 62.7 Å². The van der Waals surface area contributed by atoms with Crippen LogP contribution in [0.5, 0.6) is 0 Å². The van der Waals surface area contributed by atoms with Crippen molar-refractivity contribution in [3.8, 4) is 17.2 Å². The summed E-state index contributed by atoms with van der Waals surface area (Å²) in [7, 11) is 0. The Morgan fingerprint density at radius 1 is 0.426 bits per heavy atom. The minimum Gasteiger partial charge on any atom is -0.276 e. The van der Waals surface area contributed by atoms with Gasteiger partial charge in [0.05, 0.1) is 31.6 Å². The van der Waals surface area contributed by atoms with Crippen molar-refractivity contribution in [2.24, 2.45) is 0 Å². The summed E-state index contributed by atoms with van der Waals surface area (Å²) in [6.45, 7) is 0. The third-order valence-electron chi connectivity index (χ3n) is 9.59. The Labute approximate surface area is 276 Å². The molecule has 0 unspecified atom stereocenters. The Kier molecular flexibility index (Phi) is 5.14. The van der Waals surface area contributed by atoms with Gasteiger partial charge >= 0.3 is 0 Å². The van der Waals surface area contributed by atoms with Crippen LogP contribution in [0.15, 0.2) is 140 Å². The van der Waals surface area contributed by atoms with Crippen LogP contribution < -0.4 is 0 Å². The topological polar surface area (TPSA) is 30.7 Å². The number of aromatic nitrogens is 3. The van der Waals surface area contributed by atoms with E-state index >= 15 is 0 Å². The lowest BCUT2D eigenvalue weighted by Crippen LogP contribution is -2.03. The lowest BCUT2D eigenvalue weighted by molar-refractivity contribution is 1.02. The lowest BCUT2D eigenvalue weighted by atomic mass is 9.98. The number of rotatable bonds is 2. The monoisotopic (exact) mass is 633 g/mol. The number of hydrogen-bond acceptors (Lipinski definition) is 4. The quantitative estimate of drug-likeness (QED) is 0.190. The molecule has 5 heteroatoms. The van der Waals surface area contributed by atoms with Gasteiger partial charge in [-0.15, -0.1) is 22.7 Å². The van der Waals surface area contributed by atoms with E-state index in [2.05, 4.69) is 144 Å². The molecule has 0 fully saturated rings. The minimum absolute atomic E-state index is 0.699. The van der Waals surface area contributed by atoms with Gasteiger partial charge in [-0.05, 0) is 28.3 Å². The average molecular weight is 634 g/mol. The molecule has 0 amide bonds. The number of nitrogens with zero attached hydrogens (tertiary/aromatic N) is 3. The number of fused-ring (bicyclic) bond motifs is 15. The van der Waals surface area contributed by atoms with Crippen LogP contribution in [0.4, 0.5) is 0 Å². The molecular weight excluding hydrogens is 611 g/mol. The summed E-state index contributed by atoms with van der Waals surface area (Å²) in [6, 6.07) is 50.2. The molecule has 3 nitrogen and oxygen atoms in total. The molecule has 0 bridgehead atoms. The highest BCUT2D eigenvalue weighted by atomic mass is 32.1. The molecule has 0 spiro atoms. The van der Waals surface area contributed by atoms with E-state index in [1.54, 1.807) is 11.3 Å². The van der Waals surface area contributed by atoms with Crippen molar-refractivity contribution in [2.75, 3.05) is 0 Å². The summed E-state index contributed by atoms with van der Waals surface area (Å²) in [5.41, 5.74) is 5.37. The summed E-state index contributed by atoms with van der Waals surface area (Å²) in [6.07, 6.45) is 0. The van der Waals surface area contributed by atoms with Crippen LogP contribution in [0.2, 0.25) is 0 Å². The van der Waals surface area contributed by atoms with E-state index in [4.69, 9.17) is 9.97 Å². The second-order valence-corrected chi connectivity index (χ2v) is 14.2. The van der Waals surface area contributed by atoms with E-state index in [9.17, 15) is 0 Å². The molecule has 0 aliphatic rings. The van der Waals surface area contributed by atoms with Crippen molar-refractivity contribution in [1.29, 1.82) is 0 Å². The van der Waals surface area contributed by atoms with Crippen LogP contribution in [-0.2, 0) is 0 Å². The molecule has 47 heavy (non-hydrogen) atoms. The van der Waals surface area contributed by atoms with Gasteiger partial charge in [-0.25, -0.2) is 9.97 Å². The summed E-state index contributed by atoms with van der Waals surface area (Å²) < 4.78 is 7.27. The molecule has 0 aliphatic heterocycles. The van der Waals surface area contributed by atoms with Crippen LogP contribution in [-0.4, -0.2) is 14.5 Å². The molecule has 0 radical (unpaired) electrons. The van der Waals surface area contributed by atoms with E-state index in [-0.39, 0.29) is 0 Å². The second-order valence-electron chi connectivity index (χ2n) is 12.1. The predicted molar refractivity (Wildman–Crippen MR) is 203 cm³/mol. The maximum Gasteiger partial charge on any atom is 0.235 e. The first-order chi connectivity index (χ1) is 23.3. The van der Waals surface area contributed by atoms with Crippen molar-refractivity contribution in [1.82, 2.24) is 14.5 Å². The minimum atomic E-state index is 0.699. The molecule has 0 saturated carbocycles. The fourth-order valence-corrected chi connectivity index (χ4v) is 10.0. The zero-order valence-electron chi connectivity index (χ0n) is 24.9. The molecule has 4 heterocycles. The van der Waals surface area contributed by atoms with Crippen molar-refractivity contribution in [3.63, 3.8) is 0 Å². The first kappa shape index (κ1) is 25.6. The number of thiophene rings is 2. The number of hydrogen-bond donors (Lipinski definition) is 0. The summed E-state index contributed by atoms with van der Waals surface area (Å²) in [5, 5.41) is 11.1. The molecule has 11 aromatic rings. The van der Waals surface area contributed by atoms with Crippen LogP contribution in [0.1, 0.15) is 0 Å². The average Bonchev–Trinajstić information content (AvgIpc) is 3.82. The Morgan fingerprint density at radius 2 is 1.04 bits per heavy atom. The maximum atomic E-state index is 5.52. The highest BCUT2D eigenvalue weighted by molar-refractivity contribution is 7.27. The molecule has 7 aromatic carbocycles. The van der Waals surface area contributed by atoms with E-state index in [0.29, 0.717) is 5.95 Å². The third-order valence-corrected chi connectivity index (χ3v) is 11.9. The van der Waals surface area contributed by atoms with Crippen molar-refractivity contribution < 1.29 is 0 Å². The molecular formula is C42H23N3S2. The smallest absolute Gasteiger partial charge is 0.235 e. The van der Waals surface area contributed by atoms with Gasteiger partial charge < -0.3 is 0 Å². The van der Waals surface area contributed by atoms with Gasteiger partial charge in [0.15, 0.2) is 0 Å². The molecule has 4 aromatic heterocycles. The first-order valence-electron chi connectivity index (χ1n) is 15.8. The fraction of sp³-hybridized carbons (Fsp3) is 0. The molecule has 0 atom stereocenters. The largest absolute Gasteiger partial charge is 0.276 e. The SMILES string of the molecule is c1ccc(-c2nc(-n3c4c5ccccc5ccc4c4c5ccccc5c5c6ccccc6sc5c43)nc3c2sc2ccccc23)cc1. The van der Waals surface area contributed by atoms with Crippen LogP contribution in [0.25, 0.3) is 101 Å². The maximum absolute atomic E-state index is 5.52. The van der Waals surface area contributed by atoms with Gasteiger partial charge in [-0.3, -0.25) is 4.57 Å². The van der Waals surface area contributed by atoms with Crippen LogP contribution in [0.3, 0.4) is 0 Å². The summed E-state index contributed by atoms with van der Waals surface area (Å²) in [4.78, 5) is 11.0. The van der Waals surface area contributed by atoms with Crippen molar-refractivity contribution in [3.05, 3.63) is 140 Å². The van der Waals surface area contributed by atoms with E-state index in [0.717, 1.165) is 32.4 Å². The molecule has 218 valence electrons. The molecule has 0 saturated heterocycles. The first-order valence-corrected chi connectivity index (χ1v) is 17.4. The Morgan fingerprint density at radius 3 is 1.85 bits per heavy atom. The zero-order chi connectivity index (χ0) is 30.6. The summed E-state index contributed by atoms with van der Waals surface area (Å²) in [5.74, 6) is 0.699. The highest BCUT2D eigenvalue weighted by Gasteiger charge is 2.25. The van der Waals surface area contributed by atoms with Crippen LogP contribution in [0, 0.1) is 0 Å². The molecule has 0 N–H and O–H groups in total. The Hall–Kier alpha value is -5.62. The number of benzene rings is 7. The van der Waals surface area contributed by atoms with Gasteiger partial charge in [0.2, 0.25) is 5.95 Å². The second kappa shape index (κ2) is 9.46.